The molecule has 0 atom stereocenters. The smallest absolute Gasteiger partial charge is 0.0942 e. The fourth-order valence-corrected chi connectivity index (χ4v) is 2.05. The molecule has 50 valence electrons. The fourth-order valence-electron chi connectivity index (χ4n) is 0.853. The number of thiol groups is 1. The van der Waals surface area contributed by atoms with E-state index in [-0.39, 0.29) is 0 Å². The van der Waals surface area contributed by atoms with Gasteiger partial charge < -0.3 is 0 Å². The highest BCUT2D eigenvalue weighted by molar-refractivity contribution is 7.80. The minimum absolute atomic E-state index is 0.973. The lowest BCUT2D eigenvalue weighted by Gasteiger charge is -1.85. The zero-order valence-electron chi connectivity index (χ0n) is 5.11. The molecule has 3 heteroatoms. The van der Waals surface area contributed by atoms with Crippen LogP contribution in [0.15, 0.2) is 28.6 Å². The zero-order valence-corrected chi connectivity index (χ0v) is 6.82. The molecule has 2 rings (SSSR count). The second kappa shape index (κ2) is 2.25. The summed E-state index contributed by atoms with van der Waals surface area (Å²) in [4.78, 5) is 5.15. The monoisotopic (exact) mass is 167 g/mol. The molecule has 0 spiro atoms. The summed E-state index contributed by atoms with van der Waals surface area (Å²) in [7, 11) is 0. The maximum Gasteiger partial charge on any atom is 0.0942 e. The van der Waals surface area contributed by atoms with Crippen LogP contribution in [-0.4, -0.2) is 4.98 Å². The van der Waals surface area contributed by atoms with E-state index in [9.17, 15) is 0 Å². The average molecular weight is 167 g/mol. The van der Waals surface area contributed by atoms with E-state index >= 15 is 0 Å². The highest BCUT2D eigenvalue weighted by Gasteiger charge is 1.98. The number of hydrogen-bond donors (Lipinski definition) is 1. The molecule has 0 amide bonds. The molecule has 0 fully saturated rings. The van der Waals surface area contributed by atoms with E-state index < -0.39 is 0 Å². The molecule has 0 bridgehead atoms. The van der Waals surface area contributed by atoms with Crippen molar-refractivity contribution in [3.8, 4) is 0 Å². The van der Waals surface area contributed by atoms with Crippen molar-refractivity contribution in [3.05, 3.63) is 23.7 Å². The summed E-state index contributed by atoms with van der Waals surface area (Å²) in [5.41, 5.74) is 1.01. The van der Waals surface area contributed by atoms with E-state index in [0.29, 0.717) is 0 Å². The molecule has 0 aromatic carbocycles. The summed E-state index contributed by atoms with van der Waals surface area (Å²) < 4.78 is 1.20. The first-order chi connectivity index (χ1) is 4.88. The third-order valence-electron chi connectivity index (χ3n) is 1.31. The van der Waals surface area contributed by atoms with Gasteiger partial charge in [-0.15, -0.1) is 24.0 Å². The van der Waals surface area contributed by atoms with E-state index in [1.165, 1.54) is 4.70 Å². The fraction of sp³-hybridized carbons (Fsp3) is 0. The highest BCUT2D eigenvalue weighted by atomic mass is 32.1. The molecular weight excluding hydrogens is 162 g/mol. The van der Waals surface area contributed by atoms with Gasteiger partial charge in [-0.2, -0.15) is 0 Å². The summed E-state index contributed by atoms with van der Waals surface area (Å²) in [6.45, 7) is 0. The largest absolute Gasteiger partial charge is 0.254 e. The molecule has 0 saturated heterocycles. The lowest BCUT2D eigenvalue weighted by Crippen LogP contribution is -1.69. The van der Waals surface area contributed by atoms with Crippen LogP contribution in [0.2, 0.25) is 0 Å². The summed E-state index contributed by atoms with van der Waals surface area (Å²) in [5.74, 6) is 0. The Morgan fingerprint density at radius 3 is 3.20 bits per heavy atom. The van der Waals surface area contributed by atoms with Crippen molar-refractivity contribution in [3.63, 3.8) is 0 Å². The van der Waals surface area contributed by atoms with Gasteiger partial charge in [0.2, 0.25) is 0 Å². The Kier molecular flexibility index (Phi) is 1.39. The van der Waals surface area contributed by atoms with E-state index in [1.54, 1.807) is 17.5 Å². The van der Waals surface area contributed by atoms with Gasteiger partial charge in [-0.05, 0) is 12.1 Å². The number of hydrogen-bond acceptors (Lipinski definition) is 3. The SMILES string of the molecule is Sc1csc2cccnc12. The highest BCUT2D eigenvalue weighted by Crippen LogP contribution is 2.25. The summed E-state index contributed by atoms with van der Waals surface area (Å²) in [6, 6.07) is 3.98. The van der Waals surface area contributed by atoms with Crippen LogP contribution < -0.4 is 0 Å². The number of rotatable bonds is 0. The minimum Gasteiger partial charge on any atom is -0.254 e. The standard InChI is InChI=1S/C7H5NS2/c9-5-4-10-6-2-1-3-8-7(5)6/h1-4,9H. The van der Waals surface area contributed by atoms with E-state index in [1.807, 2.05) is 17.5 Å². The number of nitrogens with zero attached hydrogens (tertiary/aromatic N) is 1. The van der Waals surface area contributed by atoms with Crippen molar-refractivity contribution >= 4 is 34.2 Å². The Labute approximate surface area is 68.1 Å². The lowest BCUT2D eigenvalue weighted by atomic mass is 10.4. The molecule has 0 radical (unpaired) electrons. The van der Waals surface area contributed by atoms with Gasteiger partial charge in [-0.25, -0.2) is 0 Å². The Hall–Kier alpha value is -0.540. The molecule has 0 N–H and O–H groups in total. The first-order valence-corrected chi connectivity index (χ1v) is 4.22. The Bertz CT molecular complexity index is 353. The van der Waals surface area contributed by atoms with Gasteiger partial charge in [0.25, 0.3) is 0 Å². The van der Waals surface area contributed by atoms with Gasteiger partial charge in [-0.3, -0.25) is 4.98 Å². The third-order valence-corrected chi connectivity index (χ3v) is 2.76. The van der Waals surface area contributed by atoms with Gasteiger partial charge in [-0.1, -0.05) is 0 Å². The van der Waals surface area contributed by atoms with Gasteiger partial charge in [0.15, 0.2) is 0 Å². The maximum atomic E-state index is 4.25. The molecule has 2 aromatic rings. The van der Waals surface area contributed by atoms with Crippen LogP contribution in [0.4, 0.5) is 0 Å². The number of thiophene rings is 1. The molecule has 0 aliphatic rings. The van der Waals surface area contributed by atoms with Crippen molar-refractivity contribution < 1.29 is 0 Å². The van der Waals surface area contributed by atoms with Crippen LogP contribution in [0.25, 0.3) is 10.2 Å². The van der Waals surface area contributed by atoms with Crippen molar-refractivity contribution in [2.75, 3.05) is 0 Å². The third kappa shape index (κ3) is 0.822. The maximum absolute atomic E-state index is 4.25. The minimum atomic E-state index is 0.973. The number of fused-ring (bicyclic) bond motifs is 1. The van der Waals surface area contributed by atoms with Crippen LogP contribution in [0.5, 0.6) is 0 Å². The summed E-state index contributed by atoms with van der Waals surface area (Å²) in [6.07, 6.45) is 1.79. The average Bonchev–Trinajstić information content (AvgIpc) is 2.34. The van der Waals surface area contributed by atoms with Crippen LogP contribution >= 0.6 is 24.0 Å². The van der Waals surface area contributed by atoms with E-state index in [2.05, 4.69) is 17.6 Å². The molecule has 0 saturated carbocycles. The number of aromatic nitrogens is 1. The van der Waals surface area contributed by atoms with Crippen molar-refractivity contribution in [2.24, 2.45) is 0 Å². The van der Waals surface area contributed by atoms with Crippen molar-refractivity contribution in [1.29, 1.82) is 0 Å². The molecule has 10 heavy (non-hydrogen) atoms. The normalized spacial score (nSPS) is 10.5. The quantitative estimate of drug-likeness (QED) is 0.595. The Morgan fingerprint density at radius 1 is 1.50 bits per heavy atom. The van der Waals surface area contributed by atoms with Crippen LogP contribution in [0.3, 0.4) is 0 Å². The van der Waals surface area contributed by atoms with E-state index in [4.69, 9.17) is 0 Å². The topological polar surface area (TPSA) is 12.9 Å². The summed E-state index contributed by atoms with van der Waals surface area (Å²) >= 11 is 5.92. The summed E-state index contributed by atoms with van der Waals surface area (Å²) in [5, 5.41) is 2.00. The van der Waals surface area contributed by atoms with Gasteiger partial charge in [0.05, 0.1) is 10.2 Å². The first-order valence-electron chi connectivity index (χ1n) is 2.89. The molecule has 0 aliphatic heterocycles. The molecular formula is C7H5NS2. The van der Waals surface area contributed by atoms with Crippen LogP contribution in [-0.2, 0) is 0 Å². The first kappa shape index (κ1) is 6.19. The van der Waals surface area contributed by atoms with Crippen molar-refractivity contribution in [1.82, 2.24) is 4.98 Å². The molecule has 2 heterocycles. The molecule has 2 aromatic heterocycles. The van der Waals surface area contributed by atoms with Gasteiger partial charge in [0.1, 0.15) is 0 Å². The molecule has 1 nitrogen and oxygen atoms in total. The zero-order chi connectivity index (χ0) is 6.97. The Morgan fingerprint density at radius 2 is 2.40 bits per heavy atom. The Balaban J connectivity index is 2.93. The predicted molar refractivity (Wildman–Crippen MR) is 46.9 cm³/mol. The second-order valence-corrected chi connectivity index (χ2v) is 3.36. The van der Waals surface area contributed by atoms with Gasteiger partial charge >= 0.3 is 0 Å². The van der Waals surface area contributed by atoms with E-state index in [0.717, 1.165) is 10.4 Å². The van der Waals surface area contributed by atoms with Crippen LogP contribution in [0, 0.1) is 0 Å². The van der Waals surface area contributed by atoms with Crippen molar-refractivity contribution in [2.45, 2.75) is 4.90 Å². The van der Waals surface area contributed by atoms with Crippen LogP contribution in [0.1, 0.15) is 0 Å². The lowest BCUT2D eigenvalue weighted by molar-refractivity contribution is 1.39. The second-order valence-electron chi connectivity index (χ2n) is 1.97. The predicted octanol–water partition coefficient (Wildman–Crippen LogP) is 2.59. The molecule has 0 unspecified atom stereocenters. The van der Waals surface area contributed by atoms with Gasteiger partial charge in [0, 0.05) is 16.5 Å². The molecule has 0 aliphatic carbocycles. The number of pyridine rings is 1.